The standard InChI is InChI=1S/C15H20FN3O/c1-4-17-15(12-9-10-18-19(12)5-2)14-11(16)7-6-8-13(14)20-3/h6-10,15,17H,4-5H2,1-3H3. The zero-order chi connectivity index (χ0) is 14.5. The first-order chi connectivity index (χ1) is 9.72. The molecule has 0 saturated carbocycles. The van der Waals surface area contributed by atoms with Crippen LogP contribution in [0.4, 0.5) is 4.39 Å². The number of nitrogens with one attached hydrogen (secondary N) is 1. The molecule has 0 saturated heterocycles. The minimum Gasteiger partial charge on any atom is -0.496 e. The summed E-state index contributed by atoms with van der Waals surface area (Å²) in [7, 11) is 1.55. The van der Waals surface area contributed by atoms with Crippen LogP contribution in [0.5, 0.6) is 5.75 Å². The lowest BCUT2D eigenvalue weighted by atomic mass is 10.0. The van der Waals surface area contributed by atoms with Crippen molar-refractivity contribution in [3.8, 4) is 5.75 Å². The number of hydrogen-bond acceptors (Lipinski definition) is 3. The van der Waals surface area contributed by atoms with Gasteiger partial charge in [-0.05, 0) is 31.7 Å². The van der Waals surface area contributed by atoms with Crippen molar-refractivity contribution in [2.75, 3.05) is 13.7 Å². The zero-order valence-electron chi connectivity index (χ0n) is 12.1. The fourth-order valence-electron chi connectivity index (χ4n) is 2.39. The van der Waals surface area contributed by atoms with Crippen molar-refractivity contribution in [1.29, 1.82) is 0 Å². The van der Waals surface area contributed by atoms with Gasteiger partial charge in [0.2, 0.25) is 0 Å². The fourth-order valence-corrected chi connectivity index (χ4v) is 2.39. The average molecular weight is 277 g/mol. The summed E-state index contributed by atoms with van der Waals surface area (Å²) in [5.41, 5.74) is 1.45. The van der Waals surface area contributed by atoms with Gasteiger partial charge in [-0.2, -0.15) is 5.10 Å². The molecular weight excluding hydrogens is 257 g/mol. The molecule has 0 amide bonds. The molecule has 0 aliphatic rings. The Balaban J connectivity index is 2.54. The Morgan fingerprint density at radius 2 is 2.15 bits per heavy atom. The summed E-state index contributed by atoms with van der Waals surface area (Å²) in [5, 5.41) is 7.57. The Hall–Kier alpha value is -1.88. The molecule has 0 aliphatic carbocycles. The van der Waals surface area contributed by atoms with Crippen LogP contribution in [-0.4, -0.2) is 23.4 Å². The number of aryl methyl sites for hydroxylation is 1. The highest BCUT2D eigenvalue weighted by Gasteiger charge is 2.24. The van der Waals surface area contributed by atoms with Crippen LogP contribution < -0.4 is 10.1 Å². The normalized spacial score (nSPS) is 12.4. The smallest absolute Gasteiger partial charge is 0.132 e. The monoisotopic (exact) mass is 277 g/mol. The molecule has 1 unspecified atom stereocenters. The van der Waals surface area contributed by atoms with Gasteiger partial charge in [-0.25, -0.2) is 4.39 Å². The van der Waals surface area contributed by atoms with E-state index in [9.17, 15) is 4.39 Å². The molecule has 1 aromatic carbocycles. The van der Waals surface area contributed by atoms with Gasteiger partial charge in [0.15, 0.2) is 0 Å². The van der Waals surface area contributed by atoms with Crippen LogP contribution in [0.3, 0.4) is 0 Å². The van der Waals surface area contributed by atoms with Crippen LogP contribution in [0.1, 0.15) is 31.1 Å². The maximum atomic E-state index is 14.3. The number of rotatable bonds is 6. The highest BCUT2D eigenvalue weighted by Crippen LogP contribution is 2.32. The minimum absolute atomic E-state index is 0.279. The van der Waals surface area contributed by atoms with Crippen LogP contribution in [0.25, 0.3) is 0 Å². The van der Waals surface area contributed by atoms with Crippen LogP contribution in [-0.2, 0) is 6.54 Å². The second-order valence-corrected chi connectivity index (χ2v) is 4.42. The number of methoxy groups -OCH3 is 1. The summed E-state index contributed by atoms with van der Waals surface area (Å²) in [5.74, 6) is 0.263. The van der Waals surface area contributed by atoms with Crippen molar-refractivity contribution < 1.29 is 9.13 Å². The van der Waals surface area contributed by atoms with E-state index in [0.717, 1.165) is 18.8 Å². The maximum absolute atomic E-state index is 14.3. The lowest BCUT2D eigenvalue weighted by Gasteiger charge is -2.22. The average Bonchev–Trinajstić information content (AvgIpc) is 2.93. The van der Waals surface area contributed by atoms with Gasteiger partial charge in [0.1, 0.15) is 11.6 Å². The Labute approximate surface area is 118 Å². The molecule has 1 aromatic heterocycles. The molecular formula is C15H20FN3O. The molecule has 0 radical (unpaired) electrons. The molecule has 2 rings (SSSR count). The second kappa shape index (κ2) is 6.52. The molecule has 0 fully saturated rings. The largest absolute Gasteiger partial charge is 0.496 e. The van der Waals surface area contributed by atoms with Gasteiger partial charge in [0.05, 0.1) is 24.4 Å². The van der Waals surface area contributed by atoms with E-state index >= 15 is 0 Å². The molecule has 4 nitrogen and oxygen atoms in total. The highest BCUT2D eigenvalue weighted by atomic mass is 19.1. The highest BCUT2D eigenvalue weighted by molar-refractivity contribution is 5.41. The number of halogens is 1. The van der Waals surface area contributed by atoms with Crippen molar-refractivity contribution in [2.24, 2.45) is 0 Å². The van der Waals surface area contributed by atoms with Crippen LogP contribution in [0.2, 0.25) is 0 Å². The molecule has 1 heterocycles. The number of hydrogen-bond donors (Lipinski definition) is 1. The predicted octanol–water partition coefficient (Wildman–Crippen LogP) is 2.75. The molecule has 0 bridgehead atoms. The van der Waals surface area contributed by atoms with Gasteiger partial charge in [0.25, 0.3) is 0 Å². The molecule has 0 spiro atoms. The van der Waals surface area contributed by atoms with E-state index in [1.165, 1.54) is 6.07 Å². The molecule has 20 heavy (non-hydrogen) atoms. The van der Waals surface area contributed by atoms with Gasteiger partial charge < -0.3 is 10.1 Å². The number of aromatic nitrogens is 2. The molecule has 0 aliphatic heterocycles. The third kappa shape index (κ3) is 2.67. The molecule has 2 aromatic rings. The molecule has 108 valence electrons. The van der Waals surface area contributed by atoms with Crippen molar-refractivity contribution in [3.05, 3.63) is 47.5 Å². The van der Waals surface area contributed by atoms with Crippen molar-refractivity contribution >= 4 is 0 Å². The van der Waals surface area contributed by atoms with E-state index < -0.39 is 0 Å². The summed E-state index contributed by atoms with van der Waals surface area (Å²) in [6.07, 6.45) is 1.73. The van der Waals surface area contributed by atoms with Gasteiger partial charge in [-0.3, -0.25) is 4.68 Å². The lowest BCUT2D eigenvalue weighted by molar-refractivity contribution is 0.394. The first-order valence-electron chi connectivity index (χ1n) is 6.80. The summed E-state index contributed by atoms with van der Waals surface area (Å²) in [4.78, 5) is 0. The first-order valence-corrected chi connectivity index (χ1v) is 6.80. The Morgan fingerprint density at radius 1 is 1.35 bits per heavy atom. The van der Waals surface area contributed by atoms with Gasteiger partial charge in [-0.15, -0.1) is 0 Å². The van der Waals surface area contributed by atoms with E-state index in [4.69, 9.17) is 4.74 Å². The summed E-state index contributed by atoms with van der Waals surface area (Å²) >= 11 is 0. The van der Waals surface area contributed by atoms with Gasteiger partial charge >= 0.3 is 0 Å². The summed E-state index contributed by atoms with van der Waals surface area (Å²) in [6.45, 7) is 5.46. The number of benzene rings is 1. The van der Waals surface area contributed by atoms with Gasteiger partial charge in [0, 0.05) is 12.7 Å². The van der Waals surface area contributed by atoms with Crippen molar-refractivity contribution in [2.45, 2.75) is 26.4 Å². The van der Waals surface area contributed by atoms with Crippen LogP contribution in [0.15, 0.2) is 30.5 Å². The van der Waals surface area contributed by atoms with E-state index in [2.05, 4.69) is 10.4 Å². The molecule has 1 N–H and O–H groups in total. The Morgan fingerprint density at radius 3 is 2.80 bits per heavy atom. The molecule has 5 heteroatoms. The zero-order valence-corrected chi connectivity index (χ0v) is 12.1. The second-order valence-electron chi connectivity index (χ2n) is 4.42. The van der Waals surface area contributed by atoms with Crippen LogP contribution >= 0.6 is 0 Å². The first kappa shape index (κ1) is 14.5. The topological polar surface area (TPSA) is 39.1 Å². The minimum atomic E-state index is -0.279. The predicted molar refractivity (Wildman–Crippen MR) is 76.4 cm³/mol. The lowest BCUT2D eigenvalue weighted by Crippen LogP contribution is -2.26. The fraction of sp³-hybridized carbons (Fsp3) is 0.400. The van der Waals surface area contributed by atoms with Crippen molar-refractivity contribution in [3.63, 3.8) is 0 Å². The third-order valence-corrected chi connectivity index (χ3v) is 3.27. The Bertz CT molecular complexity index is 568. The Kier molecular flexibility index (Phi) is 4.74. The van der Waals surface area contributed by atoms with E-state index in [1.54, 1.807) is 25.4 Å². The quantitative estimate of drug-likeness (QED) is 0.882. The van der Waals surface area contributed by atoms with E-state index in [-0.39, 0.29) is 11.9 Å². The van der Waals surface area contributed by atoms with E-state index in [0.29, 0.717) is 11.3 Å². The van der Waals surface area contributed by atoms with Crippen LogP contribution in [0, 0.1) is 5.82 Å². The number of ether oxygens (including phenoxy) is 1. The molecule has 1 atom stereocenters. The van der Waals surface area contributed by atoms with Gasteiger partial charge in [-0.1, -0.05) is 13.0 Å². The van der Waals surface area contributed by atoms with E-state index in [1.807, 2.05) is 24.6 Å². The SMILES string of the molecule is CCNC(c1c(F)cccc1OC)c1ccnn1CC. The maximum Gasteiger partial charge on any atom is 0.132 e. The summed E-state index contributed by atoms with van der Waals surface area (Å²) in [6, 6.07) is 6.50. The van der Waals surface area contributed by atoms with Crippen molar-refractivity contribution in [1.82, 2.24) is 15.1 Å². The third-order valence-electron chi connectivity index (χ3n) is 3.27. The number of nitrogens with zero attached hydrogens (tertiary/aromatic N) is 2. The summed E-state index contributed by atoms with van der Waals surface area (Å²) < 4.78 is 21.5.